The first-order chi connectivity index (χ1) is 10.9. The van der Waals surface area contributed by atoms with Crippen LogP contribution in [0.3, 0.4) is 0 Å². The molecular weight excluding hydrogens is 340 g/mol. The number of hydrogen-bond donors (Lipinski definition) is 0. The Balaban J connectivity index is 1.69. The third-order valence-electron chi connectivity index (χ3n) is 3.98. The van der Waals surface area contributed by atoms with E-state index in [9.17, 15) is 0 Å². The summed E-state index contributed by atoms with van der Waals surface area (Å²) >= 11 is 3.48. The maximum Gasteiger partial charge on any atom is 0.219 e. The van der Waals surface area contributed by atoms with E-state index in [2.05, 4.69) is 15.9 Å². The zero-order valence-electron chi connectivity index (χ0n) is 14.0. The molecule has 1 aliphatic rings. The molecule has 0 N–H and O–H groups in total. The van der Waals surface area contributed by atoms with Gasteiger partial charge in [-0.05, 0) is 25.0 Å². The summed E-state index contributed by atoms with van der Waals surface area (Å²) in [5.41, 5.74) is 0. The van der Waals surface area contributed by atoms with E-state index in [-0.39, 0.29) is 6.29 Å². The predicted octanol–water partition coefficient (Wildman–Crippen LogP) is 6.51. The van der Waals surface area contributed by atoms with Crippen molar-refractivity contribution in [3.8, 4) is 0 Å². The van der Waals surface area contributed by atoms with Gasteiger partial charge in [0.05, 0.1) is 12.9 Å². The van der Waals surface area contributed by atoms with Gasteiger partial charge in [-0.1, -0.05) is 86.2 Å². The van der Waals surface area contributed by atoms with Crippen LogP contribution in [0.5, 0.6) is 0 Å². The van der Waals surface area contributed by atoms with E-state index >= 15 is 0 Å². The standard InChI is InChI=1S/C19H33BrO2/c20-16-12-9-7-5-3-1-2-4-6-8-10-13-17-21-19-15-11-14-18-22-19/h11,14-15,18-19H,1-10,12-13,16-17H2. The average molecular weight is 373 g/mol. The van der Waals surface area contributed by atoms with Crippen molar-refractivity contribution in [1.82, 2.24) is 0 Å². The molecule has 0 fully saturated rings. The summed E-state index contributed by atoms with van der Waals surface area (Å²) in [5, 5.41) is 1.17. The van der Waals surface area contributed by atoms with Crippen molar-refractivity contribution in [3.05, 3.63) is 24.5 Å². The Morgan fingerprint density at radius 3 is 1.77 bits per heavy atom. The lowest BCUT2D eigenvalue weighted by molar-refractivity contribution is -0.0750. The zero-order valence-corrected chi connectivity index (χ0v) is 15.6. The average Bonchev–Trinajstić information content (AvgIpc) is 2.56. The second-order valence-electron chi connectivity index (χ2n) is 6.02. The number of hydrogen-bond acceptors (Lipinski definition) is 2. The fourth-order valence-electron chi connectivity index (χ4n) is 2.63. The van der Waals surface area contributed by atoms with Crippen molar-refractivity contribution in [1.29, 1.82) is 0 Å². The van der Waals surface area contributed by atoms with Gasteiger partial charge in [-0.3, -0.25) is 0 Å². The molecule has 0 saturated heterocycles. The number of halogens is 1. The lowest BCUT2D eigenvalue weighted by Crippen LogP contribution is -2.13. The molecule has 1 heterocycles. The Kier molecular flexibility index (Phi) is 14.0. The highest BCUT2D eigenvalue weighted by Crippen LogP contribution is 2.12. The molecule has 3 heteroatoms. The third-order valence-corrected chi connectivity index (χ3v) is 4.54. The van der Waals surface area contributed by atoms with Crippen molar-refractivity contribution in [2.24, 2.45) is 0 Å². The largest absolute Gasteiger partial charge is 0.469 e. The lowest BCUT2D eigenvalue weighted by Gasteiger charge is -2.15. The van der Waals surface area contributed by atoms with Crippen molar-refractivity contribution < 1.29 is 9.47 Å². The van der Waals surface area contributed by atoms with Gasteiger partial charge in [-0.15, -0.1) is 0 Å². The Hall–Kier alpha value is -0.280. The highest BCUT2D eigenvalue weighted by Gasteiger charge is 2.04. The zero-order chi connectivity index (χ0) is 15.7. The summed E-state index contributed by atoms with van der Waals surface area (Å²) in [6.07, 6.45) is 23.7. The van der Waals surface area contributed by atoms with Crippen LogP contribution in [0.15, 0.2) is 24.5 Å². The minimum absolute atomic E-state index is 0.167. The van der Waals surface area contributed by atoms with Gasteiger partial charge in [0.1, 0.15) is 0 Å². The molecule has 2 nitrogen and oxygen atoms in total. The monoisotopic (exact) mass is 372 g/mol. The molecule has 0 aliphatic carbocycles. The van der Waals surface area contributed by atoms with E-state index in [1.807, 2.05) is 18.2 Å². The highest BCUT2D eigenvalue weighted by atomic mass is 79.9. The molecular formula is C19H33BrO2. The molecule has 0 saturated carbocycles. The molecule has 0 aromatic rings. The predicted molar refractivity (Wildman–Crippen MR) is 98.3 cm³/mol. The van der Waals surface area contributed by atoms with Crippen LogP contribution < -0.4 is 0 Å². The molecule has 0 bridgehead atoms. The number of unbranched alkanes of at least 4 members (excludes halogenated alkanes) is 11. The van der Waals surface area contributed by atoms with E-state index < -0.39 is 0 Å². The smallest absolute Gasteiger partial charge is 0.219 e. The summed E-state index contributed by atoms with van der Waals surface area (Å²) in [7, 11) is 0. The quantitative estimate of drug-likeness (QED) is 0.241. The molecule has 22 heavy (non-hydrogen) atoms. The topological polar surface area (TPSA) is 18.5 Å². The van der Waals surface area contributed by atoms with Crippen LogP contribution in [-0.2, 0) is 9.47 Å². The molecule has 0 amide bonds. The highest BCUT2D eigenvalue weighted by molar-refractivity contribution is 9.09. The molecule has 0 spiro atoms. The number of alkyl halides is 1. The van der Waals surface area contributed by atoms with Crippen molar-refractivity contribution in [3.63, 3.8) is 0 Å². The fraction of sp³-hybridized carbons (Fsp3) is 0.789. The van der Waals surface area contributed by atoms with Gasteiger partial charge < -0.3 is 9.47 Å². The SMILES string of the molecule is BrCCCCCCCCCCCCCCOC1C=CC=CO1. The second-order valence-corrected chi connectivity index (χ2v) is 6.81. The second kappa shape index (κ2) is 15.6. The van der Waals surface area contributed by atoms with Crippen LogP contribution in [0.25, 0.3) is 0 Å². The minimum atomic E-state index is -0.167. The Labute approximate surface area is 145 Å². The molecule has 0 radical (unpaired) electrons. The molecule has 128 valence electrons. The summed E-state index contributed by atoms with van der Waals surface area (Å²) in [4.78, 5) is 0. The minimum Gasteiger partial charge on any atom is -0.469 e. The van der Waals surface area contributed by atoms with E-state index in [0.29, 0.717) is 0 Å². The van der Waals surface area contributed by atoms with E-state index in [4.69, 9.17) is 9.47 Å². The lowest BCUT2D eigenvalue weighted by atomic mass is 10.1. The van der Waals surface area contributed by atoms with Gasteiger partial charge in [0.15, 0.2) is 0 Å². The van der Waals surface area contributed by atoms with Gasteiger partial charge in [-0.2, -0.15) is 0 Å². The van der Waals surface area contributed by atoms with Crippen molar-refractivity contribution in [2.75, 3.05) is 11.9 Å². The maximum absolute atomic E-state index is 5.62. The summed E-state index contributed by atoms with van der Waals surface area (Å²) < 4.78 is 10.9. The molecule has 1 atom stereocenters. The van der Waals surface area contributed by atoms with Gasteiger partial charge in [0.25, 0.3) is 0 Å². The van der Waals surface area contributed by atoms with Crippen molar-refractivity contribution in [2.45, 2.75) is 83.3 Å². The Bertz CT molecular complexity index is 289. The number of ether oxygens (including phenoxy) is 2. The number of rotatable bonds is 15. The van der Waals surface area contributed by atoms with Crippen LogP contribution >= 0.6 is 15.9 Å². The van der Waals surface area contributed by atoms with Gasteiger partial charge in [0.2, 0.25) is 6.29 Å². The van der Waals surface area contributed by atoms with Crippen LogP contribution in [0.2, 0.25) is 0 Å². The number of allylic oxidation sites excluding steroid dienone is 2. The van der Waals surface area contributed by atoms with Crippen LogP contribution in [0, 0.1) is 0 Å². The molecule has 1 unspecified atom stereocenters. The fourth-order valence-corrected chi connectivity index (χ4v) is 3.02. The van der Waals surface area contributed by atoms with Crippen LogP contribution in [0.1, 0.15) is 77.0 Å². The van der Waals surface area contributed by atoms with E-state index in [0.717, 1.165) is 13.0 Å². The normalized spacial score (nSPS) is 16.9. The van der Waals surface area contributed by atoms with Crippen LogP contribution in [0.4, 0.5) is 0 Å². The molecule has 0 aromatic carbocycles. The van der Waals surface area contributed by atoms with Crippen molar-refractivity contribution >= 4 is 15.9 Å². The summed E-state index contributed by atoms with van der Waals surface area (Å²) in [5.74, 6) is 0. The molecule has 0 aromatic heterocycles. The first kappa shape index (κ1) is 19.8. The van der Waals surface area contributed by atoms with Gasteiger partial charge in [0, 0.05) is 5.33 Å². The Morgan fingerprint density at radius 2 is 1.27 bits per heavy atom. The first-order valence-electron chi connectivity index (χ1n) is 9.10. The van der Waals surface area contributed by atoms with E-state index in [1.165, 1.54) is 76.0 Å². The van der Waals surface area contributed by atoms with Crippen LogP contribution in [-0.4, -0.2) is 18.2 Å². The van der Waals surface area contributed by atoms with E-state index in [1.54, 1.807) is 6.26 Å². The third kappa shape index (κ3) is 12.3. The maximum atomic E-state index is 5.62. The molecule has 1 aliphatic heterocycles. The summed E-state index contributed by atoms with van der Waals surface area (Å²) in [6, 6.07) is 0. The summed E-state index contributed by atoms with van der Waals surface area (Å²) in [6.45, 7) is 0.803. The van der Waals surface area contributed by atoms with Gasteiger partial charge >= 0.3 is 0 Å². The first-order valence-corrected chi connectivity index (χ1v) is 10.2. The molecule has 1 rings (SSSR count). The Morgan fingerprint density at radius 1 is 0.727 bits per heavy atom. The van der Waals surface area contributed by atoms with Gasteiger partial charge in [-0.25, -0.2) is 0 Å².